The Kier molecular flexibility index (Phi) is 4.64. The van der Waals surface area contributed by atoms with E-state index in [0.717, 1.165) is 12.8 Å². The van der Waals surface area contributed by atoms with Crippen LogP contribution in [0.1, 0.15) is 12.8 Å². The van der Waals surface area contributed by atoms with E-state index in [0.29, 0.717) is 18.8 Å². The van der Waals surface area contributed by atoms with E-state index >= 15 is 0 Å². The summed E-state index contributed by atoms with van der Waals surface area (Å²) in [5.74, 6) is 0.669. The van der Waals surface area contributed by atoms with Crippen molar-refractivity contribution in [3.8, 4) is 5.75 Å². The lowest BCUT2D eigenvalue weighted by molar-refractivity contribution is -0.134. The van der Waals surface area contributed by atoms with Crippen molar-refractivity contribution in [2.24, 2.45) is 5.11 Å². The minimum absolute atomic E-state index is 0.0177. The molecule has 2 rings (SSSR count). The van der Waals surface area contributed by atoms with E-state index in [-0.39, 0.29) is 18.6 Å². The molecule has 1 aromatic carbocycles. The van der Waals surface area contributed by atoms with E-state index in [1.165, 1.54) is 0 Å². The summed E-state index contributed by atoms with van der Waals surface area (Å²) in [6, 6.07) is 9.29. The number of para-hydroxylation sites is 1. The Hall–Kier alpha value is -2.20. The number of ether oxygens (including phenoxy) is 1. The van der Waals surface area contributed by atoms with Gasteiger partial charge in [0.1, 0.15) is 5.75 Å². The van der Waals surface area contributed by atoms with Crippen LogP contribution < -0.4 is 4.74 Å². The Morgan fingerprint density at radius 2 is 2.05 bits per heavy atom. The van der Waals surface area contributed by atoms with E-state index in [1.54, 1.807) is 4.90 Å². The molecule has 6 heteroatoms. The highest BCUT2D eigenvalue weighted by Gasteiger charge is 2.22. The zero-order valence-electron chi connectivity index (χ0n) is 10.6. The lowest BCUT2D eigenvalue weighted by Gasteiger charge is -2.29. The molecule has 1 fully saturated rings. The van der Waals surface area contributed by atoms with Gasteiger partial charge in [-0.15, -0.1) is 0 Å². The normalized spacial score (nSPS) is 15.7. The number of hydrogen-bond acceptors (Lipinski definition) is 3. The van der Waals surface area contributed by atoms with Crippen molar-refractivity contribution >= 4 is 5.91 Å². The molecule has 0 bridgehead atoms. The minimum atomic E-state index is -0.0248. The van der Waals surface area contributed by atoms with Crippen molar-refractivity contribution in [2.75, 3.05) is 19.7 Å². The molecule has 0 saturated carbocycles. The maximum absolute atomic E-state index is 11.9. The molecule has 1 aliphatic heterocycles. The van der Waals surface area contributed by atoms with Crippen LogP contribution in [-0.4, -0.2) is 36.5 Å². The molecule has 0 aromatic heterocycles. The summed E-state index contributed by atoms with van der Waals surface area (Å²) in [5, 5.41) is 3.68. The molecule has 1 aromatic rings. The maximum atomic E-state index is 11.9. The van der Waals surface area contributed by atoms with Gasteiger partial charge in [-0.05, 0) is 30.5 Å². The fraction of sp³-hybridized carbons (Fsp3) is 0.462. The summed E-state index contributed by atoms with van der Waals surface area (Å²) >= 11 is 0. The smallest absolute Gasteiger partial charge is 0.260 e. The van der Waals surface area contributed by atoms with Crippen molar-refractivity contribution in [1.82, 2.24) is 4.90 Å². The second kappa shape index (κ2) is 6.66. The standard InChI is InChI=1S/C13H16N4O2/c14-16-15-11-6-8-17(9-7-11)13(18)10-19-12-4-2-1-3-5-12/h1-5,11H,6-10H2. The molecule has 0 unspecified atom stereocenters. The Labute approximate surface area is 111 Å². The van der Waals surface area contributed by atoms with Crippen molar-refractivity contribution in [1.29, 1.82) is 0 Å². The first kappa shape index (κ1) is 13.2. The average Bonchev–Trinajstić information content (AvgIpc) is 2.47. The third kappa shape index (κ3) is 3.89. The summed E-state index contributed by atoms with van der Waals surface area (Å²) in [7, 11) is 0. The van der Waals surface area contributed by atoms with Crippen LogP contribution in [0.25, 0.3) is 10.4 Å². The van der Waals surface area contributed by atoms with Gasteiger partial charge in [-0.2, -0.15) is 0 Å². The average molecular weight is 260 g/mol. The van der Waals surface area contributed by atoms with Crippen LogP contribution in [0.5, 0.6) is 5.75 Å². The van der Waals surface area contributed by atoms with E-state index in [4.69, 9.17) is 10.3 Å². The van der Waals surface area contributed by atoms with Crippen LogP contribution in [0.2, 0.25) is 0 Å². The van der Waals surface area contributed by atoms with Gasteiger partial charge >= 0.3 is 0 Å². The molecule has 0 atom stereocenters. The number of hydrogen-bond donors (Lipinski definition) is 0. The fourth-order valence-corrected chi connectivity index (χ4v) is 2.06. The van der Waals surface area contributed by atoms with Crippen molar-refractivity contribution in [3.05, 3.63) is 40.8 Å². The summed E-state index contributed by atoms with van der Waals surface area (Å²) in [4.78, 5) is 16.5. The number of nitrogens with zero attached hydrogens (tertiary/aromatic N) is 4. The van der Waals surface area contributed by atoms with Gasteiger partial charge in [0.25, 0.3) is 5.91 Å². The summed E-state index contributed by atoms with van der Waals surface area (Å²) in [6.07, 6.45) is 1.45. The maximum Gasteiger partial charge on any atom is 0.260 e. The Morgan fingerprint density at radius 1 is 1.37 bits per heavy atom. The first-order chi connectivity index (χ1) is 9.29. The van der Waals surface area contributed by atoms with Gasteiger partial charge in [0.15, 0.2) is 6.61 Å². The molecule has 0 N–H and O–H groups in total. The minimum Gasteiger partial charge on any atom is -0.484 e. The highest BCUT2D eigenvalue weighted by atomic mass is 16.5. The van der Waals surface area contributed by atoms with Crippen LogP contribution in [0, 0.1) is 0 Å². The SMILES string of the molecule is [N-]=[N+]=NC1CCN(C(=O)COc2ccccc2)CC1. The van der Waals surface area contributed by atoms with Crippen molar-refractivity contribution in [2.45, 2.75) is 18.9 Å². The van der Waals surface area contributed by atoms with Crippen LogP contribution in [0.15, 0.2) is 35.4 Å². The Balaban J connectivity index is 1.77. The van der Waals surface area contributed by atoms with Crippen molar-refractivity contribution in [3.63, 3.8) is 0 Å². The molecule has 0 radical (unpaired) electrons. The molecule has 0 spiro atoms. The van der Waals surface area contributed by atoms with Gasteiger partial charge in [-0.3, -0.25) is 4.79 Å². The summed E-state index contributed by atoms with van der Waals surface area (Å²) in [5.41, 5.74) is 8.36. The van der Waals surface area contributed by atoms with Crippen LogP contribution in [0.3, 0.4) is 0 Å². The Morgan fingerprint density at radius 3 is 2.68 bits per heavy atom. The van der Waals surface area contributed by atoms with Gasteiger partial charge in [0.05, 0.1) is 0 Å². The van der Waals surface area contributed by atoms with Gasteiger partial charge in [-0.25, -0.2) is 0 Å². The molecular weight excluding hydrogens is 244 g/mol. The molecule has 1 heterocycles. The van der Waals surface area contributed by atoms with Gasteiger partial charge in [0.2, 0.25) is 0 Å². The van der Waals surface area contributed by atoms with Crippen LogP contribution in [0.4, 0.5) is 0 Å². The van der Waals surface area contributed by atoms with Gasteiger partial charge < -0.3 is 9.64 Å². The Bertz CT molecular complexity index is 463. The zero-order valence-corrected chi connectivity index (χ0v) is 10.6. The number of carbonyl (C=O) groups excluding carboxylic acids is 1. The van der Waals surface area contributed by atoms with E-state index in [2.05, 4.69) is 10.0 Å². The number of amides is 1. The first-order valence-electron chi connectivity index (χ1n) is 6.29. The first-order valence-corrected chi connectivity index (χ1v) is 6.29. The second-order valence-corrected chi connectivity index (χ2v) is 4.42. The molecular formula is C13H16N4O2. The van der Waals surface area contributed by atoms with Gasteiger partial charge in [0, 0.05) is 24.0 Å². The molecule has 19 heavy (non-hydrogen) atoms. The molecule has 1 saturated heterocycles. The molecule has 100 valence electrons. The quantitative estimate of drug-likeness (QED) is 0.473. The number of rotatable bonds is 4. The largest absolute Gasteiger partial charge is 0.484 e. The fourth-order valence-electron chi connectivity index (χ4n) is 2.06. The van der Waals surface area contributed by atoms with E-state index in [1.807, 2.05) is 30.3 Å². The van der Waals surface area contributed by atoms with E-state index < -0.39 is 0 Å². The monoisotopic (exact) mass is 260 g/mol. The number of benzene rings is 1. The number of carbonyl (C=O) groups is 1. The number of azide groups is 1. The highest BCUT2D eigenvalue weighted by molar-refractivity contribution is 5.77. The highest BCUT2D eigenvalue weighted by Crippen LogP contribution is 2.14. The van der Waals surface area contributed by atoms with Gasteiger partial charge in [-0.1, -0.05) is 23.3 Å². The summed E-state index contributed by atoms with van der Waals surface area (Å²) < 4.78 is 5.42. The van der Waals surface area contributed by atoms with Crippen LogP contribution >= 0.6 is 0 Å². The van der Waals surface area contributed by atoms with Crippen molar-refractivity contribution < 1.29 is 9.53 Å². The molecule has 1 aliphatic rings. The topological polar surface area (TPSA) is 78.3 Å². The summed E-state index contributed by atoms with van der Waals surface area (Å²) in [6.45, 7) is 1.30. The van der Waals surface area contributed by atoms with E-state index in [9.17, 15) is 4.79 Å². The third-order valence-corrected chi connectivity index (χ3v) is 3.14. The number of likely N-dealkylation sites (tertiary alicyclic amines) is 1. The molecule has 1 amide bonds. The number of piperidine rings is 1. The molecule has 6 nitrogen and oxygen atoms in total. The zero-order chi connectivity index (χ0) is 13.5. The lowest BCUT2D eigenvalue weighted by Crippen LogP contribution is -2.41. The second-order valence-electron chi connectivity index (χ2n) is 4.42. The lowest BCUT2D eigenvalue weighted by atomic mass is 10.1. The van der Waals surface area contributed by atoms with Crippen LogP contribution in [-0.2, 0) is 4.79 Å². The predicted molar refractivity (Wildman–Crippen MR) is 70.7 cm³/mol. The molecule has 0 aliphatic carbocycles. The third-order valence-electron chi connectivity index (χ3n) is 3.14. The predicted octanol–water partition coefficient (Wildman–Crippen LogP) is 2.37.